The molecule has 0 spiro atoms. The molecular weight excluding hydrogens is 332 g/mol. The van der Waals surface area contributed by atoms with Crippen LogP contribution in [0.25, 0.3) is 0 Å². The van der Waals surface area contributed by atoms with Crippen LogP contribution in [-0.4, -0.2) is 43.2 Å². The fourth-order valence-corrected chi connectivity index (χ4v) is 3.00. The highest BCUT2D eigenvalue weighted by atomic mass is 16.5. The van der Waals surface area contributed by atoms with Crippen LogP contribution in [0, 0.1) is 6.92 Å². The monoisotopic (exact) mass is 356 g/mol. The van der Waals surface area contributed by atoms with Gasteiger partial charge in [-0.25, -0.2) is 9.97 Å². The van der Waals surface area contributed by atoms with Gasteiger partial charge in [-0.05, 0) is 26.2 Å². The Morgan fingerprint density at radius 3 is 2.31 bits per heavy atom. The standard InChI is InChI=1S/C19H24N4O3/c1-13-17(12-20-19(21-13)23-7-5-4-6-8-23)18(24)22-14-9-15(25-2)11-16(10-14)26-3/h9-12H,4-8H2,1-3H3,(H,22,24). The average Bonchev–Trinajstić information content (AvgIpc) is 2.68. The van der Waals surface area contributed by atoms with Gasteiger partial charge < -0.3 is 19.7 Å². The average molecular weight is 356 g/mol. The van der Waals surface area contributed by atoms with E-state index in [0.717, 1.165) is 25.9 Å². The van der Waals surface area contributed by atoms with Crippen LogP contribution in [0.15, 0.2) is 24.4 Å². The van der Waals surface area contributed by atoms with Crippen LogP contribution in [0.1, 0.15) is 35.3 Å². The molecule has 3 rings (SSSR count). The maximum absolute atomic E-state index is 12.6. The molecule has 0 bridgehead atoms. The summed E-state index contributed by atoms with van der Waals surface area (Å²) in [7, 11) is 3.13. The largest absolute Gasteiger partial charge is 0.497 e. The quantitative estimate of drug-likeness (QED) is 0.887. The van der Waals surface area contributed by atoms with E-state index >= 15 is 0 Å². The van der Waals surface area contributed by atoms with Gasteiger partial charge in [-0.15, -0.1) is 0 Å². The van der Waals surface area contributed by atoms with Gasteiger partial charge in [-0.3, -0.25) is 4.79 Å². The van der Waals surface area contributed by atoms with Crippen molar-refractivity contribution in [3.05, 3.63) is 35.7 Å². The highest BCUT2D eigenvalue weighted by Crippen LogP contribution is 2.26. The summed E-state index contributed by atoms with van der Waals surface area (Å²) in [4.78, 5) is 23.7. The van der Waals surface area contributed by atoms with E-state index in [1.54, 1.807) is 38.6 Å². The van der Waals surface area contributed by atoms with Crippen molar-refractivity contribution in [1.29, 1.82) is 0 Å². The number of carbonyl (C=O) groups is 1. The Kier molecular flexibility index (Phi) is 5.55. The van der Waals surface area contributed by atoms with Crippen molar-refractivity contribution in [1.82, 2.24) is 9.97 Å². The number of hydrogen-bond donors (Lipinski definition) is 1. The van der Waals surface area contributed by atoms with Crippen molar-refractivity contribution in [3.63, 3.8) is 0 Å². The van der Waals surface area contributed by atoms with Gasteiger partial charge in [0.1, 0.15) is 11.5 Å². The Hall–Kier alpha value is -2.83. The molecule has 1 fully saturated rings. The van der Waals surface area contributed by atoms with Crippen molar-refractivity contribution in [3.8, 4) is 11.5 Å². The van der Waals surface area contributed by atoms with E-state index in [9.17, 15) is 4.79 Å². The Labute approximate surface area is 153 Å². The van der Waals surface area contributed by atoms with Gasteiger partial charge in [-0.1, -0.05) is 0 Å². The van der Waals surface area contributed by atoms with Crippen molar-refractivity contribution >= 4 is 17.5 Å². The number of ether oxygens (including phenoxy) is 2. The molecule has 1 aliphatic rings. The lowest BCUT2D eigenvalue weighted by atomic mass is 10.1. The summed E-state index contributed by atoms with van der Waals surface area (Å²) in [5.74, 6) is 1.64. The Bertz CT molecular complexity index is 766. The minimum atomic E-state index is -0.261. The van der Waals surface area contributed by atoms with Gasteiger partial charge in [0.05, 0.1) is 25.5 Å². The fourth-order valence-electron chi connectivity index (χ4n) is 3.00. The number of aryl methyl sites for hydroxylation is 1. The number of nitrogens with zero attached hydrogens (tertiary/aromatic N) is 3. The minimum Gasteiger partial charge on any atom is -0.497 e. The van der Waals surface area contributed by atoms with Gasteiger partial charge >= 0.3 is 0 Å². The molecule has 1 aromatic heterocycles. The molecule has 0 saturated carbocycles. The third-order valence-electron chi connectivity index (χ3n) is 4.46. The molecule has 0 aliphatic carbocycles. The zero-order chi connectivity index (χ0) is 18.5. The summed E-state index contributed by atoms with van der Waals surface area (Å²) < 4.78 is 10.5. The van der Waals surface area contributed by atoms with Crippen LogP contribution >= 0.6 is 0 Å². The number of hydrogen-bond acceptors (Lipinski definition) is 6. The molecule has 1 saturated heterocycles. The van der Waals surface area contributed by atoms with Crippen molar-refractivity contribution < 1.29 is 14.3 Å². The maximum atomic E-state index is 12.6. The van der Waals surface area contributed by atoms with E-state index in [-0.39, 0.29) is 5.91 Å². The van der Waals surface area contributed by atoms with Crippen LogP contribution in [0.3, 0.4) is 0 Å². The molecule has 1 aliphatic heterocycles. The molecule has 1 amide bonds. The first-order valence-electron chi connectivity index (χ1n) is 8.73. The zero-order valence-corrected chi connectivity index (χ0v) is 15.4. The number of amides is 1. The first-order valence-corrected chi connectivity index (χ1v) is 8.73. The molecular formula is C19H24N4O3. The second kappa shape index (κ2) is 8.03. The van der Waals surface area contributed by atoms with Gasteiger partial charge in [-0.2, -0.15) is 0 Å². The number of piperidine rings is 1. The molecule has 1 aromatic carbocycles. The number of nitrogens with one attached hydrogen (secondary N) is 1. The van der Waals surface area contributed by atoms with Crippen LogP contribution in [0.2, 0.25) is 0 Å². The maximum Gasteiger partial charge on any atom is 0.259 e. The smallest absolute Gasteiger partial charge is 0.259 e. The van der Waals surface area contributed by atoms with Crippen molar-refractivity contribution in [2.75, 3.05) is 37.5 Å². The summed E-state index contributed by atoms with van der Waals surface area (Å²) in [5, 5.41) is 2.85. The lowest BCUT2D eigenvalue weighted by Crippen LogP contribution is -2.31. The lowest BCUT2D eigenvalue weighted by molar-refractivity contribution is 0.102. The number of methoxy groups -OCH3 is 2. The molecule has 1 N–H and O–H groups in total. The minimum absolute atomic E-state index is 0.261. The SMILES string of the molecule is COc1cc(NC(=O)c2cnc(N3CCCCC3)nc2C)cc(OC)c1. The van der Waals surface area contributed by atoms with E-state index < -0.39 is 0 Å². The fraction of sp³-hybridized carbons (Fsp3) is 0.421. The normalized spacial score (nSPS) is 14.0. The van der Waals surface area contributed by atoms with Crippen molar-refractivity contribution in [2.24, 2.45) is 0 Å². The van der Waals surface area contributed by atoms with Crippen molar-refractivity contribution in [2.45, 2.75) is 26.2 Å². The van der Waals surface area contributed by atoms with E-state index in [1.807, 2.05) is 6.92 Å². The first-order chi connectivity index (χ1) is 12.6. The topological polar surface area (TPSA) is 76.6 Å². The summed E-state index contributed by atoms with van der Waals surface area (Å²) in [6, 6.07) is 5.22. The van der Waals surface area contributed by atoms with Gasteiger partial charge in [0.15, 0.2) is 0 Å². The molecule has 7 heteroatoms. The van der Waals surface area contributed by atoms with Crippen LogP contribution in [-0.2, 0) is 0 Å². The summed E-state index contributed by atoms with van der Waals surface area (Å²) >= 11 is 0. The number of benzene rings is 1. The summed E-state index contributed by atoms with van der Waals surface area (Å²) in [5.41, 5.74) is 1.70. The zero-order valence-electron chi connectivity index (χ0n) is 15.4. The second-order valence-electron chi connectivity index (χ2n) is 6.27. The number of carbonyl (C=O) groups excluding carboxylic acids is 1. The number of aromatic nitrogens is 2. The molecule has 138 valence electrons. The lowest BCUT2D eigenvalue weighted by Gasteiger charge is -2.26. The number of rotatable bonds is 5. The predicted octanol–water partition coefficient (Wildman–Crippen LogP) is 3.04. The van der Waals surface area contributed by atoms with Gasteiger partial charge in [0.25, 0.3) is 5.91 Å². The Morgan fingerprint density at radius 2 is 1.73 bits per heavy atom. The summed E-state index contributed by atoms with van der Waals surface area (Å²) in [6.07, 6.45) is 5.16. The molecule has 2 aromatic rings. The van der Waals surface area contributed by atoms with Gasteiger partial charge in [0.2, 0.25) is 5.95 Å². The van der Waals surface area contributed by atoms with E-state index in [2.05, 4.69) is 20.2 Å². The second-order valence-corrected chi connectivity index (χ2v) is 6.27. The molecule has 0 radical (unpaired) electrons. The molecule has 2 heterocycles. The Balaban J connectivity index is 1.77. The molecule has 26 heavy (non-hydrogen) atoms. The molecule has 0 atom stereocenters. The summed E-state index contributed by atoms with van der Waals surface area (Å²) in [6.45, 7) is 3.76. The van der Waals surface area contributed by atoms with E-state index in [1.165, 1.54) is 6.42 Å². The van der Waals surface area contributed by atoms with Crippen LogP contribution < -0.4 is 19.7 Å². The van der Waals surface area contributed by atoms with Crippen LogP contribution in [0.5, 0.6) is 11.5 Å². The van der Waals surface area contributed by atoms with Crippen LogP contribution in [0.4, 0.5) is 11.6 Å². The predicted molar refractivity (Wildman–Crippen MR) is 100 cm³/mol. The highest BCUT2D eigenvalue weighted by Gasteiger charge is 2.17. The molecule has 7 nitrogen and oxygen atoms in total. The van der Waals surface area contributed by atoms with Gasteiger partial charge in [0, 0.05) is 43.2 Å². The number of anilines is 2. The molecule has 0 unspecified atom stereocenters. The highest BCUT2D eigenvalue weighted by molar-refractivity contribution is 6.05. The first kappa shape index (κ1) is 18.0. The van der Waals surface area contributed by atoms with E-state index in [4.69, 9.17) is 9.47 Å². The third kappa shape index (κ3) is 4.04. The third-order valence-corrected chi connectivity index (χ3v) is 4.46. The van der Waals surface area contributed by atoms with E-state index in [0.29, 0.717) is 34.4 Å². The Morgan fingerprint density at radius 1 is 1.08 bits per heavy atom.